The third-order valence-electron chi connectivity index (χ3n) is 2.52. The molecule has 0 aromatic heterocycles. The first-order chi connectivity index (χ1) is 7.92. The van der Waals surface area contributed by atoms with Gasteiger partial charge in [0.2, 0.25) is 0 Å². The molecule has 0 amide bonds. The van der Waals surface area contributed by atoms with Crippen molar-refractivity contribution in [1.29, 1.82) is 5.26 Å². The summed E-state index contributed by atoms with van der Waals surface area (Å²) in [6.45, 7) is 7.72. The van der Waals surface area contributed by atoms with Crippen LogP contribution in [0, 0.1) is 16.7 Å². The lowest BCUT2D eigenvalue weighted by molar-refractivity contribution is 0.370. The molecule has 1 aromatic carbocycles. The van der Waals surface area contributed by atoms with Gasteiger partial charge < -0.3 is 5.32 Å². The minimum absolute atomic E-state index is 0.392. The van der Waals surface area contributed by atoms with E-state index >= 15 is 0 Å². The van der Waals surface area contributed by atoms with Crippen molar-refractivity contribution in [3.8, 4) is 6.07 Å². The Labute approximate surface area is 112 Å². The summed E-state index contributed by atoms with van der Waals surface area (Å²) in [6, 6.07) is 7.74. The smallest absolute Gasteiger partial charge is 0.0992 e. The molecule has 0 spiro atoms. The summed E-state index contributed by atoms with van der Waals surface area (Å²) in [7, 11) is 0. The second-order valence-electron chi connectivity index (χ2n) is 5.40. The molecule has 0 fully saturated rings. The van der Waals surface area contributed by atoms with Gasteiger partial charge in [-0.15, -0.1) is 0 Å². The average molecular weight is 295 g/mol. The van der Waals surface area contributed by atoms with Crippen LogP contribution >= 0.6 is 15.9 Å². The average Bonchev–Trinajstić information content (AvgIpc) is 2.24. The van der Waals surface area contributed by atoms with Crippen molar-refractivity contribution in [2.75, 3.05) is 11.9 Å². The Morgan fingerprint density at radius 1 is 1.35 bits per heavy atom. The van der Waals surface area contributed by atoms with E-state index in [4.69, 9.17) is 5.26 Å². The third kappa shape index (κ3) is 5.23. The highest BCUT2D eigenvalue weighted by Gasteiger charge is 2.09. The maximum Gasteiger partial charge on any atom is 0.0992 e. The highest BCUT2D eigenvalue weighted by Crippen LogP contribution is 2.24. The summed E-state index contributed by atoms with van der Waals surface area (Å²) in [6.07, 6.45) is 2.35. The number of nitrogens with one attached hydrogen (secondary N) is 1. The predicted molar refractivity (Wildman–Crippen MR) is 76.0 cm³/mol. The zero-order valence-corrected chi connectivity index (χ0v) is 12.3. The van der Waals surface area contributed by atoms with Crippen molar-refractivity contribution in [2.45, 2.75) is 33.6 Å². The Morgan fingerprint density at radius 3 is 2.59 bits per heavy atom. The molecule has 0 aliphatic rings. The molecule has 2 nitrogen and oxygen atoms in total. The topological polar surface area (TPSA) is 35.8 Å². The minimum Gasteiger partial charge on any atom is -0.384 e. The van der Waals surface area contributed by atoms with Gasteiger partial charge in [0, 0.05) is 16.7 Å². The molecule has 0 bridgehead atoms. The first-order valence-corrected chi connectivity index (χ1v) is 6.65. The Morgan fingerprint density at radius 2 is 2.06 bits per heavy atom. The molecule has 0 aliphatic heterocycles. The maximum absolute atomic E-state index is 8.77. The van der Waals surface area contributed by atoms with E-state index in [1.807, 2.05) is 18.2 Å². The van der Waals surface area contributed by atoms with Gasteiger partial charge in [-0.25, -0.2) is 0 Å². The number of nitriles is 1. The summed E-state index contributed by atoms with van der Waals surface area (Å²) >= 11 is 3.47. The van der Waals surface area contributed by atoms with Crippen molar-refractivity contribution in [3.63, 3.8) is 0 Å². The van der Waals surface area contributed by atoms with E-state index in [-0.39, 0.29) is 0 Å². The van der Waals surface area contributed by atoms with Crippen molar-refractivity contribution in [1.82, 2.24) is 0 Å². The van der Waals surface area contributed by atoms with Gasteiger partial charge >= 0.3 is 0 Å². The van der Waals surface area contributed by atoms with Gasteiger partial charge in [-0.1, -0.05) is 20.8 Å². The van der Waals surface area contributed by atoms with Crippen LogP contribution in [0.5, 0.6) is 0 Å². The van der Waals surface area contributed by atoms with Crippen molar-refractivity contribution >= 4 is 21.6 Å². The van der Waals surface area contributed by atoms with Crippen LogP contribution in [0.2, 0.25) is 0 Å². The number of nitrogens with zero attached hydrogens (tertiary/aromatic N) is 1. The van der Waals surface area contributed by atoms with Gasteiger partial charge in [-0.3, -0.25) is 0 Å². The fourth-order valence-corrected chi connectivity index (χ4v) is 2.09. The molecule has 0 atom stereocenters. The van der Waals surface area contributed by atoms with Crippen LogP contribution in [0.1, 0.15) is 39.2 Å². The molecule has 1 N–H and O–H groups in total. The quantitative estimate of drug-likeness (QED) is 0.827. The lowest BCUT2D eigenvalue weighted by Crippen LogP contribution is -2.09. The van der Waals surface area contributed by atoms with E-state index in [0.717, 1.165) is 23.1 Å². The molecular formula is C14H19BrN2. The first-order valence-electron chi connectivity index (χ1n) is 5.86. The normalized spacial score (nSPS) is 11.0. The SMILES string of the molecule is CC(C)(C)CCCNc1ccc(C#N)cc1Br. The fourth-order valence-electron chi connectivity index (χ4n) is 1.57. The number of anilines is 1. The zero-order valence-electron chi connectivity index (χ0n) is 10.7. The second kappa shape index (κ2) is 6.07. The lowest BCUT2D eigenvalue weighted by Gasteiger charge is -2.18. The van der Waals surface area contributed by atoms with E-state index in [1.165, 1.54) is 6.42 Å². The van der Waals surface area contributed by atoms with Gasteiger partial charge in [0.1, 0.15) is 0 Å². The standard InChI is InChI=1S/C14H19BrN2/c1-14(2,3)7-4-8-17-13-6-5-11(10-16)9-12(13)15/h5-6,9,17H,4,7-8H2,1-3H3. The number of rotatable bonds is 4. The van der Waals surface area contributed by atoms with E-state index in [0.29, 0.717) is 11.0 Å². The molecule has 1 rings (SSSR count). The van der Waals surface area contributed by atoms with Gasteiger partial charge in [-0.2, -0.15) is 5.26 Å². The summed E-state index contributed by atoms with van der Waals surface area (Å²) < 4.78 is 0.951. The number of hydrogen-bond acceptors (Lipinski definition) is 2. The molecular weight excluding hydrogens is 276 g/mol. The molecule has 0 aliphatic carbocycles. The molecule has 92 valence electrons. The molecule has 0 radical (unpaired) electrons. The van der Waals surface area contributed by atoms with Crippen molar-refractivity contribution in [2.24, 2.45) is 5.41 Å². The molecule has 0 saturated carbocycles. The van der Waals surface area contributed by atoms with Gasteiger partial charge in [0.15, 0.2) is 0 Å². The molecule has 0 unspecified atom stereocenters. The molecule has 1 aromatic rings. The van der Waals surface area contributed by atoms with E-state index in [1.54, 1.807) is 0 Å². The highest BCUT2D eigenvalue weighted by atomic mass is 79.9. The predicted octanol–water partition coefficient (Wildman–Crippen LogP) is 4.56. The van der Waals surface area contributed by atoms with Crippen LogP contribution in [-0.4, -0.2) is 6.54 Å². The van der Waals surface area contributed by atoms with Crippen molar-refractivity contribution in [3.05, 3.63) is 28.2 Å². The lowest BCUT2D eigenvalue weighted by atomic mass is 9.91. The summed E-state index contributed by atoms with van der Waals surface area (Å²) in [5.41, 5.74) is 2.12. The number of halogens is 1. The zero-order chi connectivity index (χ0) is 12.9. The van der Waals surface area contributed by atoms with E-state index in [9.17, 15) is 0 Å². The minimum atomic E-state index is 0.392. The summed E-state index contributed by atoms with van der Waals surface area (Å²) in [4.78, 5) is 0. The number of benzene rings is 1. The largest absolute Gasteiger partial charge is 0.384 e. The third-order valence-corrected chi connectivity index (χ3v) is 3.17. The highest BCUT2D eigenvalue weighted by molar-refractivity contribution is 9.10. The second-order valence-corrected chi connectivity index (χ2v) is 6.25. The Kier molecular flexibility index (Phi) is 5.02. The molecule has 17 heavy (non-hydrogen) atoms. The van der Waals surface area contributed by atoms with Crippen LogP contribution in [0.15, 0.2) is 22.7 Å². The van der Waals surface area contributed by atoms with Gasteiger partial charge in [-0.05, 0) is 52.4 Å². The fraction of sp³-hybridized carbons (Fsp3) is 0.500. The maximum atomic E-state index is 8.77. The Hall–Kier alpha value is -1.01. The molecule has 0 heterocycles. The van der Waals surface area contributed by atoms with Crippen molar-refractivity contribution < 1.29 is 0 Å². The number of hydrogen-bond donors (Lipinski definition) is 1. The van der Waals surface area contributed by atoms with E-state index in [2.05, 4.69) is 48.1 Å². The van der Waals surface area contributed by atoms with Crippen LogP contribution in [-0.2, 0) is 0 Å². The Bertz CT molecular complexity index is 413. The van der Waals surface area contributed by atoms with Crippen LogP contribution in [0.25, 0.3) is 0 Å². The van der Waals surface area contributed by atoms with Gasteiger partial charge in [0.05, 0.1) is 11.6 Å². The molecule has 3 heteroatoms. The van der Waals surface area contributed by atoms with Gasteiger partial charge in [0.25, 0.3) is 0 Å². The Balaban J connectivity index is 2.45. The van der Waals surface area contributed by atoms with Crippen LogP contribution < -0.4 is 5.32 Å². The summed E-state index contributed by atoms with van der Waals surface area (Å²) in [5.74, 6) is 0. The van der Waals surface area contributed by atoms with Crippen LogP contribution in [0.4, 0.5) is 5.69 Å². The summed E-state index contributed by atoms with van der Waals surface area (Å²) in [5, 5.41) is 12.1. The molecule has 0 saturated heterocycles. The first kappa shape index (κ1) is 14.1. The monoisotopic (exact) mass is 294 g/mol. The van der Waals surface area contributed by atoms with E-state index < -0.39 is 0 Å². The van der Waals surface area contributed by atoms with Crippen LogP contribution in [0.3, 0.4) is 0 Å².